The van der Waals surface area contributed by atoms with Gasteiger partial charge in [0.05, 0.1) is 0 Å². The van der Waals surface area contributed by atoms with Gasteiger partial charge in [0.2, 0.25) is 5.95 Å². The SMILES string of the molecule is Oc1ccc(F)nc1F. The molecule has 9 heavy (non-hydrogen) atoms. The molecule has 1 heterocycles. The van der Waals surface area contributed by atoms with E-state index >= 15 is 0 Å². The van der Waals surface area contributed by atoms with Gasteiger partial charge in [0.1, 0.15) is 0 Å². The largest absolute Gasteiger partial charge is 0.504 e. The summed E-state index contributed by atoms with van der Waals surface area (Å²) in [5.41, 5.74) is 0. The molecule has 0 saturated heterocycles. The van der Waals surface area contributed by atoms with Gasteiger partial charge in [-0.2, -0.15) is 13.8 Å². The van der Waals surface area contributed by atoms with E-state index in [1.54, 1.807) is 0 Å². The molecule has 48 valence electrons. The molecule has 0 fully saturated rings. The van der Waals surface area contributed by atoms with Crippen molar-refractivity contribution in [3.63, 3.8) is 0 Å². The Morgan fingerprint density at radius 3 is 2.44 bits per heavy atom. The molecule has 0 saturated carbocycles. The Kier molecular flexibility index (Phi) is 1.30. The molecule has 0 unspecified atom stereocenters. The molecule has 1 aromatic heterocycles. The Bertz CT molecular complexity index is 226. The molecule has 4 heteroatoms. The third-order valence-corrected chi connectivity index (χ3v) is 0.795. The van der Waals surface area contributed by atoms with Crippen molar-refractivity contribution in [3.05, 3.63) is 24.0 Å². The lowest BCUT2D eigenvalue weighted by Gasteiger charge is -1.90. The summed E-state index contributed by atoms with van der Waals surface area (Å²) >= 11 is 0. The van der Waals surface area contributed by atoms with Crippen molar-refractivity contribution in [2.75, 3.05) is 0 Å². The summed E-state index contributed by atoms with van der Waals surface area (Å²) in [6.45, 7) is 0. The van der Waals surface area contributed by atoms with Crippen LogP contribution in [-0.2, 0) is 0 Å². The van der Waals surface area contributed by atoms with Crippen LogP contribution in [0.5, 0.6) is 5.75 Å². The molecule has 0 aliphatic heterocycles. The van der Waals surface area contributed by atoms with E-state index in [4.69, 9.17) is 5.11 Å². The lowest BCUT2D eigenvalue weighted by Crippen LogP contribution is -1.86. The van der Waals surface area contributed by atoms with Gasteiger partial charge in [-0.15, -0.1) is 0 Å². The maximum Gasteiger partial charge on any atom is 0.257 e. The first-order valence-corrected chi connectivity index (χ1v) is 2.21. The van der Waals surface area contributed by atoms with Crippen LogP contribution in [0.1, 0.15) is 0 Å². The summed E-state index contributed by atoms with van der Waals surface area (Å²) in [6.07, 6.45) is 0. The van der Waals surface area contributed by atoms with Crippen LogP contribution in [0.2, 0.25) is 0 Å². The highest BCUT2D eigenvalue weighted by Gasteiger charge is 2.00. The van der Waals surface area contributed by atoms with Crippen LogP contribution in [-0.4, -0.2) is 10.1 Å². The maximum atomic E-state index is 12.0. The highest BCUT2D eigenvalue weighted by Crippen LogP contribution is 2.10. The maximum absolute atomic E-state index is 12.0. The van der Waals surface area contributed by atoms with E-state index in [0.29, 0.717) is 0 Å². The number of halogens is 2. The van der Waals surface area contributed by atoms with Gasteiger partial charge in [-0.05, 0) is 12.1 Å². The van der Waals surface area contributed by atoms with Crippen molar-refractivity contribution in [2.24, 2.45) is 0 Å². The molecule has 0 atom stereocenters. The normalized spacial score (nSPS) is 9.56. The monoisotopic (exact) mass is 131 g/mol. The smallest absolute Gasteiger partial charge is 0.257 e. The van der Waals surface area contributed by atoms with Crippen LogP contribution >= 0.6 is 0 Å². The molecule has 0 aliphatic rings. The minimum absolute atomic E-state index is 0.642. The second-order valence-electron chi connectivity index (χ2n) is 1.44. The molecule has 0 radical (unpaired) electrons. The molecule has 1 aromatic rings. The lowest BCUT2D eigenvalue weighted by molar-refractivity contribution is 0.405. The minimum Gasteiger partial charge on any atom is -0.504 e. The van der Waals surface area contributed by atoms with Crippen molar-refractivity contribution >= 4 is 0 Å². The molecule has 0 amide bonds. The van der Waals surface area contributed by atoms with Gasteiger partial charge in [0.15, 0.2) is 5.75 Å². The molecule has 1 rings (SSSR count). The van der Waals surface area contributed by atoms with Gasteiger partial charge in [0, 0.05) is 0 Å². The summed E-state index contributed by atoms with van der Waals surface area (Å²) in [5, 5.41) is 8.44. The van der Waals surface area contributed by atoms with E-state index < -0.39 is 17.6 Å². The van der Waals surface area contributed by atoms with Gasteiger partial charge < -0.3 is 5.11 Å². The van der Waals surface area contributed by atoms with Crippen LogP contribution in [0.3, 0.4) is 0 Å². The summed E-state index contributed by atoms with van der Waals surface area (Å²) in [6, 6.07) is 1.77. The van der Waals surface area contributed by atoms with Crippen molar-refractivity contribution in [3.8, 4) is 5.75 Å². The molecule has 0 aromatic carbocycles. The Morgan fingerprint density at radius 2 is 2.00 bits per heavy atom. The topological polar surface area (TPSA) is 33.1 Å². The fourth-order valence-electron chi connectivity index (χ4n) is 0.405. The average molecular weight is 131 g/mol. The van der Waals surface area contributed by atoms with Crippen LogP contribution in [0.15, 0.2) is 12.1 Å². The van der Waals surface area contributed by atoms with Crippen molar-refractivity contribution in [2.45, 2.75) is 0 Å². The number of hydrogen-bond donors (Lipinski definition) is 1. The fraction of sp³-hybridized carbons (Fsp3) is 0. The van der Waals surface area contributed by atoms with E-state index in [9.17, 15) is 8.78 Å². The van der Waals surface area contributed by atoms with E-state index in [2.05, 4.69) is 4.98 Å². The number of pyridine rings is 1. The molecule has 0 bridgehead atoms. The number of rotatable bonds is 0. The Hall–Kier alpha value is -1.19. The van der Waals surface area contributed by atoms with Crippen LogP contribution in [0, 0.1) is 11.9 Å². The number of aromatic nitrogens is 1. The molecular weight excluding hydrogens is 128 g/mol. The zero-order valence-electron chi connectivity index (χ0n) is 4.31. The van der Waals surface area contributed by atoms with Gasteiger partial charge in [0.25, 0.3) is 5.95 Å². The van der Waals surface area contributed by atoms with Crippen molar-refractivity contribution in [1.82, 2.24) is 4.98 Å². The van der Waals surface area contributed by atoms with E-state index in [1.807, 2.05) is 0 Å². The second-order valence-corrected chi connectivity index (χ2v) is 1.44. The first-order valence-electron chi connectivity index (χ1n) is 2.21. The highest BCUT2D eigenvalue weighted by atomic mass is 19.1. The number of nitrogens with zero attached hydrogens (tertiary/aromatic N) is 1. The Morgan fingerprint density at radius 1 is 1.33 bits per heavy atom. The third-order valence-electron chi connectivity index (χ3n) is 0.795. The molecule has 0 aliphatic carbocycles. The predicted molar refractivity (Wildman–Crippen MR) is 25.8 cm³/mol. The number of hydrogen-bond acceptors (Lipinski definition) is 2. The van der Waals surface area contributed by atoms with Crippen LogP contribution < -0.4 is 0 Å². The highest BCUT2D eigenvalue weighted by molar-refractivity contribution is 5.15. The summed E-state index contributed by atoms with van der Waals surface area (Å²) in [7, 11) is 0. The quantitative estimate of drug-likeness (QED) is 0.534. The lowest BCUT2D eigenvalue weighted by atomic mass is 10.4. The van der Waals surface area contributed by atoms with Gasteiger partial charge in [-0.3, -0.25) is 0 Å². The average Bonchev–Trinajstić information content (AvgIpc) is 1.80. The van der Waals surface area contributed by atoms with E-state index in [1.165, 1.54) is 0 Å². The van der Waals surface area contributed by atoms with Crippen molar-refractivity contribution in [1.29, 1.82) is 0 Å². The summed E-state index contributed by atoms with van der Waals surface area (Å²) in [5.74, 6) is -2.77. The molecule has 0 spiro atoms. The molecule has 2 nitrogen and oxygen atoms in total. The Labute approximate surface area is 49.8 Å². The first kappa shape index (κ1) is 5.94. The first-order chi connectivity index (χ1) is 4.20. The van der Waals surface area contributed by atoms with E-state index in [0.717, 1.165) is 12.1 Å². The standard InChI is InChI=1S/C5H3F2NO/c6-4-2-1-3(9)5(7)8-4/h1-2,9H. The van der Waals surface area contributed by atoms with Crippen molar-refractivity contribution < 1.29 is 13.9 Å². The van der Waals surface area contributed by atoms with E-state index in [-0.39, 0.29) is 0 Å². The molecular formula is C5H3F2NO. The zero-order valence-corrected chi connectivity index (χ0v) is 4.31. The van der Waals surface area contributed by atoms with Gasteiger partial charge in [-0.25, -0.2) is 0 Å². The summed E-state index contributed by atoms with van der Waals surface area (Å²) in [4.78, 5) is 2.69. The third kappa shape index (κ3) is 1.13. The van der Waals surface area contributed by atoms with Gasteiger partial charge in [-0.1, -0.05) is 0 Å². The second kappa shape index (κ2) is 1.97. The molecule has 1 N–H and O–H groups in total. The zero-order chi connectivity index (χ0) is 6.85. The van der Waals surface area contributed by atoms with Crippen LogP contribution in [0.25, 0.3) is 0 Å². The Balaban J connectivity index is 3.17. The van der Waals surface area contributed by atoms with Gasteiger partial charge >= 0.3 is 0 Å². The van der Waals surface area contributed by atoms with Crippen LogP contribution in [0.4, 0.5) is 8.78 Å². The predicted octanol–water partition coefficient (Wildman–Crippen LogP) is 1.07. The minimum atomic E-state index is -1.19. The summed E-state index contributed by atoms with van der Waals surface area (Å²) < 4.78 is 23.9. The fourth-order valence-corrected chi connectivity index (χ4v) is 0.405. The number of aromatic hydroxyl groups is 1.